The molecule has 0 unspecified atom stereocenters. The first-order valence-corrected chi connectivity index (χ1v) is 19.9. The normalized spacial score (nSPS) is 30.7. The highest BCUT2D eigenvalue weighted by molar-refractivity contribution is 6.99. The van der Waals surface area contributed by atoms with Gasteiger partial charge < -0.3 is 52.2 Å². The molecule has 3 aromatic carbocycles. The van der Waals surface area contributed by atoms with E-state index in [1.165, 1.54) is 40.6 Å². The quantitative estimate of drug-likeness (QED) is 0.252. The average Bonchev–Trinajstić information content (AvgIpc) is 3.19. The van der Waals surface area contributed by atoms with Gasteiger partial charge >= 0.3 is 11.9 Å². The summed E-state index contributed by atoms with van der Waals surface area (Å²) < 4.78 is 61.5. The van der Waals surface area contributed by atoms with Crippen molar-refractivity contribution in [3.05, 3.63) is 96.1 Å². The highest BCUT2D eigenvalue weighted by atomic mass is 28.4. The highest BCUT2D eigenvalue weighted by Crippen LogP contribution is 2.39. The lowest BCUT2D eigenvalue weighted by Gasteiger charge is -2.49. The molecule has 2 fully saturated rings. The molecule has 1 N–H and O–H groups in total. The van der Waals surface area contributed by atoms with E-state index in [1.54, 1.807) is 12.1 Å². The fourth-order valence-electron chi connectivity index (χ4n) is 7.81. The van der Waals surface area contributed by atoms with Crippen LogP contribution < -0.4 is 10.4 Å². The van der Waals surface area contributed by atoms with Crippen LogP contribution in [0, 0.1) is 0 Å². The molecule has 0 amide bonds. The van der Waals surface area contributed by atoms with Crippen molar-refractivity contribution < 1.29 is 61.8 Å². The molecule has 0 saturated carbocycles. The number of hydrogen-bond donors (Lipinski definition) is 1. The molecule has 3 aromatic rings. The minimum absolute atomic E-state index is 0.0265. The Bertz CT molecular complexity index is 1660. The highest BCUT2D eigenvalue weighted by Gasteiger charge is 2.56. The number of carbonyl (C=O) groups excluding carboxylic acids is 2. The van der Waals surface area contributed by atoms with E-state index in [9.17, 15) is 14.7 Å². The van der Waals surface area contributed by atoms with Crippen LogP contribution in [0.2, 0.25) is 5.04 Å². The number of esters is 2. The van der Waals surface area contributed by atoms with Gasteiger partial charge in [-0.25, -0.2) is 9.59 Å². The van der Waals surface area contributed by atoms with Crippen LogP contribution in [-0.2, 0) is 47.1 Å². The van der Waals surface area contributed by atoms with Crippen LogP contribution in [0.25, 0.3) is 0 Å². The second-order valence-electron chi connectivity index (χ2n) is 14.5. The molecule has 2 bridgehead atoms. The molecule has 292 valence electrons. The van der Waals surface area contributed by atoms with Crippen molar-refractivity contribution in [2.45, 2.75) is 87.2 Å². The van der Waals surface area contributed by atoms with Gasteiger partial charge in [-0.1, -0.05) is 93.6 Å². The number of ether oxygens (including phenoxy) is 9. The zero-order valence-corrected chi connectivity index (χ0v) is 32.6. The Hall–Kier alpha value is -3.54. The number of fused-ring (bicyclic) bond motifs is 4. The first-order valence-electron chi connectivity index (χ1n) is 18.0. The van der Waals surface area contributed by atoms with Gasteiger partial charge in [0.1, 0.15) is 49.3 Å². The number of benzene rings is 3. The summed E-state index contributed by atoms with van der Waals surface area (Å²) in [5, 5.41) is 14.0. The van der Waals surface area contributed by atoms with Crippen molar-refractivity contribution in [3.8, 4) is 0 Å². The lowest BCUT2D eigenvalue weighted by Crippen LogP contribution is -2.69. The number of carbonyl (C=O) groups is 2. The van der Waals surface area contributed by atoms with E-state index >= 15 is 0 Å². The maximum atomic E-state index is 13.9. The third-order valence-electron chi connectivity index (χ3n) is 10.4. The lowest BCUT2D eigenvalue weighted by molar-refractivity contribution is -0.361. The Labute approximate surface area is 316 Å². The number of methoxy groups -OCH3 is 4. The largest absolute Gasteiger partial charge is 0.459 e. The topological polar surface area (TPSA) is 147 Å². The number of cyclic esters (lactones) is 1. The van der Waals surface area contributed by atoms with Crippen LogP contribution in [-0.4, -0.2) is 128 Å². The lowest BCUT2D eigenvalue weighted by atomic mass is 9.96. The van der Waals surface area contributed by atoms with Crippen LogP contribution in [0.15, 0.2) is 84.9 Å². The van der Waals surface area contributed by atoms with E-state index in [0.717, 1.165) is 10.4 Å². The summed E-state index contributed by atoms with van der Waals surface area (Å²) in [4.78, 5) is 27.3. The maximum Gasteiger partial charge on any atom is 0.339 e. The van der Waals surface area contributed by atoms with Crippen LogP contribution in [0.1, 0.15) is 41.5 Å². The maximum absolute atomic E-state index is 13.9. The number of aliphatic hydroxyl groups is 1. The third kappa shape index (κ3) is 7.65. The summed E-state index contributed by atoms with van der Waals surface area (Å²) in [6, 6.07) is 26.3. The minimum atomic E-state index is -3.09. The fraction of sp³-hybridized carbons (Fsp3) is 0.500. The summed E-state index contributed by atoms with van der Waals surface area (Å²) in [5.74, 6) is -1.65. The van der Waals surface area contributed by atoms with Gasteiger partial charge in [0.15, 0.2) is 18.7 Å². The van der Waals surface area contributed by atoms with Crippen LogP contribution in [0.5, 0.6) is 0 Å². The van der Waals surface area contributed by atoms with Crippen molar-refractivity contribution >= 4 is 30.6 Å². The van der Waals surface area contributed by atoms with Gasteiger partial charge in [-0.05, 0) is 27.5 Å². The summed E-state index contributed by atoms with van der Waals surface area (Å²) in [5.41, 5.74) is -0.0832. The van der Waals surface area contributed by atoms with Gasteiger partial charge in [0, 0.05) is 28.4 Å². The molecule has 3 aliphatic rings. The Kier molecular flexibility index (Phi) is 12.7. The predicted molar refractivity (Wildman–Crippen MR) is 197 cm³/mol. The predicted octanol–water partition coefficient (Wildman–Crippen LogP) is 2.85. The van der Waals surface area contributed by atoms with Gasteiger partial charge in [-0.2, -0.15) is 0 Å². The van der Waals surface area contributed by atoms with Crippen molar-refractivity contribution in [2.75, 3.05) is 41.7 Å². The molecule has 13 nitrogen and oxygen atoms in total. The standard InChI is InChI=1S/C40H50O13Si/c1-40(2,3)54(24-16-10-8-11-17-24,25-18-12-9-13-19-25)49-23-28-30(41)32-35(38(47-7)50-28)52-37(43)27-21-15-14-20-26(27)36(42)48-22-29-31(44-4)33(45-5)34(46-6)39(51-29)53-32/h8-21,28-35,38-39,41H,22-23H2,1-7H3/t28-,29-,30-,31+,32+,33+,34-,35-,38+,39-/m1/s1. The van der Waals surface area contributed by atoms with E-state index in [1.807, 2.05) is 36.4 Å². The summed E-state index contributed by atoms with van der Waals surface area (Å²) in [6.45, 7) is 6.10. The molecule has 14 heteroatoms. The van der Waals surface area contributed by atoms with Gasteiger partial charge in [-0.3, -0.25) is 0 Å². The molecule has 6 rings (SSSR count). The Morgan fingerprint density at radius 2 is 1.24 bits per heavy atom. The molecule has 2 saturated heterocycles. The molecule has 0 aromatic heterocycles. The van der Waals surface area contributed by atoms with Gasteiger partial charge in [0.25, 0.3) is 8.32 Å². The van der Waals surface area contributed by atoms with E-state index in [-0.39, 0.29) is 29.4 Å². The molecule has 54 heavy (non-hydrogen) atoms. The second kappa shape index (κ2) is 17.1. The van der Waals surface area contributed by atoms with Crippen LogP contribution >= 0.6 is 0 Å². The van der Waals surface area contributed by atoms with Crippen LogP contribution in [0.3, 0.4) is 0 Å². The zero-order valence-electron chi connectivity index (χ0n) is 31.6. The van der Waals surface area contributed by atoms with Crippen molar-refractivity contribution in [2.24, 2.45) is 0 Å². The summed E-state index contributed by atoms with van der Waals surface area (Å²) in [7, 11) is 2.75. The molecule has 3 heterocycles. The smallest absolute Gasteiger partial charge is 0.339 e. The van der Waals surface area contributed by atoms with Gasteiger partial charge in [0.2, 0.25) is 0 Å². The molecule has 0 aliphatic carbocycles. The van der Waals surface area contributed by atoms with Crippen LogP contribution in [0.4, 0.5) is 0 Å². The van der Waals surface area contributed by atoms with Gasteiger partial charge in [-0.15, -0.1) is 0 Å². The fourth-order valence-corrected chi connectivity index (χ4v) is 12.4. The zero-order chi connectivity index (χ0) is 38.6. The summed E-state index contributed by atoms with van der Waals surface area (Å²) >= 11 is 0. The number of rotatable bonds is 9. The first-order chi connectivity index (χ1) is 26.0. The monoisotopic (exact) mass is 766 g/mol. The van der Waals surface area contributed by atoms with Crippen molar-refractivity contribution in [1.82, 2.24) is 0 Å². The SMILES string of the molecule is CO[C@H]1O[C@H](CO[Si](c2ccccc2)(c2ccccc2)C(C)(C)C)[C@@H](O)[C@@H]2O[C@H]3O[C@H](COC(=O)c4ccccc4C(=O)O[C@@H]12)[C@H](OC)[C@H](OC)[C@H]3OC. The summed E-state index contributed by atoms with van der Waals surface area (Å²) in [6.07, 6.45) is -10.9. The van der Waals surface area contributed by atoms with E-state index in [4.69, 9.17) is 47.1 Å². The molecular formula is C40H50O13Si. The van der Waals surface area contributed by atoms with Crippen molar-refractivity contribution in [1.29, 1.82) is 0 Å². The average molecular weight is 767 g/mol. The molecule has 0 radical (unpaired) electrons. The molecule has 0 spiro atoms. The Morgan fingerprint density at radius 3 is 1.78 bits per heavy atom. The molecular weight excluding hydrogens is 717 g/mol. The minimum Gasteiger partial charge on any atom is -0.459 e. The third-order valence-corrected chi connectivity index (χ3v) is 15.4. The molecule has 10 atom stereocenters. The Morgan fingerprint density at radius 1 is 0.685 bits per heavy atom. The molecule has 3 aliphatic heterocycles. The first kappa shape index (κ1) is 40.1. The van der Waals surface area contributed by atoms with Crippen molar-refractivity contribution in [3.63, 3.8) is 0 Å². The Balaban J connectivity index is 1.41. The van der Waals surface area contributed by atoms with E-state index in [0.29, 0.717) is 0 Å². The number of aliphatic hydroxyl groups excluding tert-OH is 1. The van der Waals surface area contributed by atoms with Gasteiger partial charge in [0.05, 0.1) is 17.7 Å². The van der Waals surface area contributed by atoms with E-state index in [2.05, 4.69) is 45.0 Å². The van der Waals surface area contributed by atoms with E-state index < -0.39 is 81.7 Å². The second-order valence-corrected chi connectivity index (χ2v) is 18.8. The number of hydrogen-bond acceptors (Lipinski definition) is 13.